The van der Waals surface area contributed by atoms with Crippen molar-refractivity contribution in [1.29, 1.82) is 0 Å². The molecule has 2 heterocycles. The molecule has 0 aliphatic heterocycles. The highest BCUT2D eigenvalue weighted by molar-refractivity contribution is 7.19. The number of amides is 1. The maximum atomic E-state index is 12.9. The molecule has 4 aromatic rings. The summed E-state index contributed by atoms with van der Waals surface area (Å²) in [5.41, 5.74) is 2.46. The van der Waals surface area contributed by atoms with E-state index in [1.165, 1.54) is 18.3 Å². The Balaban J connectivity index is 1.67. The second kappa shape index (κ2) is 8.00. The fourth-order valence-corrected chi connectivity index (χ4v) is 4.00. The van der Waals surface area contributed by atoms with Crippen molar-refractivity contribution in [3.63, 3.8) is 0 Å². The Morgan fingerprint density at radius 1 is 1.07 bits per heavy atom. The molecular weight excluding hydrogens is 400 g/mol. The minimum absolute atomic E-state index is 0.0519. The van der Waals surface area contributed by atoms with Crippen LogP contribution in [0, 0.1) is 6.92 Å². The van der Waals surface area contributed by atoms with Gasteiger partial charge in [-0.25, -0.2) is 9.67 Å². The molecule has 0 aliphatic rings. The Morgan fingerprint density at radius 2 is 1.77 bits per heavy atom. The number of anilines is 1. The highest BCUT2D eigenvalue weighted by Crippen LogP contribution is 2.29. The quantitative estimate of drug-likeness (QED) is 0.499. The van der Waals surface area contributed by atoms with Crippen LogP contribution in [0.5, 0.6) is 0 Å². The largest absolute Gasteiger partial charge is 0.324 e. The molecule has 2 aromatic carbocycles. The van der Waals surface area contributed by atoms with Crippen LogP contribution in [-0.4, -0.2) is 26.5 Å². The molecule has 0 spiro atoms. The lowest BCUT2D eigenvalue weighted by Gasteiger charge is -2.09. The van der Waals surface area contributed by atoms with E-state index in [0.29, 0.717) is 27.2 Å². The first kappa shape index (κ1) is 19.7. The van der Waals surface area contributed by atoms with Crippen LogP contribution in [0.25, 0.3) is 21.5 Å². The van der Waals surface area contributed by atoms with Crippen LogP contribution in [0.3, 0.4) is 0 Å². The third-order valence-electron chi connectivity index (χ3n) is 4.52. The van der Waals surface area contributed by atoms with Gasteiger partial charge in [-0.2, -0.15) is 5.10 Å². The van der Waals surface area contributed by atoms with E-state index in [1.54, 1.807) is 24.3 Å². The van der Waals surface area contributed by atoms with E-state index >= 15 is 0 Å². The highest BCUT2D eigenvalue weighted by Gasteiger charge is 2.18. The average Bonchev–Trinajstić information content (AvgIpc) is 3.13. The van der Waals surface area contributed by atoms with Gasteiger partial charge in [-0.15, -0.1) is 11.3 Å². The van der Waals surface area contributed by atoms with Gasteiger partial charge >= 0.3 is 0 Å². The van der Waals surface area contributed by atoms with Crippen LogP contribution in [-0.2, 0) is 11.3 Å². The number of fused-ring (bicyclic) bond motifs is 1. The van der Waals surface area contributed by atoms with E-state index in [1.807, 2.05) is 37.3 Å². The summed E-state index contributed by atoms with van der Waals surface area (Å²) in [7, 11) is 0. The normalized spacial score (nSPS) is 10.9. The number of benzene rings is 2. The van der Waals surface area contributed by atoms with Crippen LogP contribution >= 0.6 is 11.3 Å². The third kappa shape index (κ3) is 3.90. The van der Waals surface area contributed by atoms with Gasteiger partial charge in [-0.1, -0.05) is 30.3 Å². The lowest BCUT2D eigenvalue weighted by Crippen LogP contribution is -2.30. The number of carbonyl (C=O) groups excluding carboxylic acids is 2. The molecule has 0 aliphatic carbocycles. The predicted octanol–water partition coefficient (Wildman–Crippen LogP) is 3.67. The Labute approximate surface area is 176 Å². The number of nitrogens with zero attached hydrogens (tertiary/aromatic N) is 3. The van der Waals surface area contributed by atoms with Crippen molar-refractivity contribution in [3.8, 4) is 11.3 Å². The van der Waals surface area contributed by atoms with E-state index in [4.69, 9.17) is 0 Å². The van der Waals surface area contributed by atoms with E-state index in [2.05, 4.69) is 15.4 Å². The van der Waals surface area contributed by atoms with Crippen molar-refractivity contribution in [2.45, 2.75) is 20.4 Å². The standard InChI is InChI=1S/C22H18N4O3S/c1-13(27)15-8-10-17(11-9-15)24-18(28)12-26-22(29)20-21(30-14(2)23-20)19(25-26)16-6-4-3-5-7-16/h3-11H,12H2,1-2H3,(H,24,28). The lowest BCUT2D eigenvalue weighted by atomic mass is 10.1. The monoisotopic (exact) mass is 418 g/mol. The zero-order chi connectivity index (χ0) is 21.3. The molecule has 2 aromatic heterocycles. The van der Waals surface area contributed by atoms with Gasteiger partial charge < -0.3 is 5.32 Å². The molecule has 7 nitrogen and oxygen atoms in total. The van der Waals surface area contributed by atoms with E-state index < -0.39 is 11.5 Å². The number of Topliss-reactive ketones (excluding diaryl/α,β-unsaturated/α-hetero) is 1. The molecule has 1 N–H and O–H groups in total. The molecule has 0 saturated heterocycles. The first-order valence-electron chi connectivity index (χ1n) is 9.27. The van der Waals surface area contributed by atoms with E-state index in [9.17, 15) is 14.4 Å². The Hall–Kier alpha value is -3.65. The number of carbonyl (C=O) groups is 2. The molecule has 4 rings (SSSR count). The first-order chi connectivity index (χ1) is 14.4. The molecular formula is C22H18N4O3S. The minimum atomic E-state index is -0.406. The van der Waals surface area contributed by atoms with Gasteiger partial charge in [0, 0.05) is 16.8 Å². The van der Waals surface area contributed by atoms with Gasteiger partial charge in [0.2, 0.25) is 5.91 Å². The van der Waals surface area contributed by atoms with Gasteiger partial charge in [0.25, 0.3) is 5.56 Å². The maximum absolute atomic E-state index is 12.9. The number of aryl methyl sites for hydroxylation is 1. The summed E-state index contributed by atoms with van der Waals surface area (Å²) in [4.78, 5) is 41.1. The van der Waals surface area contributed by atoms with Crippen molar-refractivity contribution >= 4 is 38.9 Å². The fourth-order valence-electron chi connectivity index (χ4n) is 3.08. The summed E-state index contributed by atoms with van der Waals surface area (Å²) in [6.45, 7) is 3.06. The summed E-state index contributed by atoms with van der Waals surface area (Å²) in [5, 5.41) is 7.96. The van der Waals surface area contributed by atoms with E-state index in [-0.39, 0.29) is 12.3 Å². The topological polar surface area (TPSA) is 93.9 Å². The summed E-state index contributed by atoms with van der Waals surface area (Å²) in [6.07, 6.45) is 0. The summed E-state index contributed by atoms with van der Waals surface area (Å²) in [5.74, 6) is -0.450. The van der Waals surface area contributed by atoms with Crippen LogP contribution in [0.2, 0.25) is 0 Å². The zero-order valence-electron chi connectivity index (χ0n) is 16.4. The SMILES string of the molecule is CC(=O)c1ccc(NC(=O)Cn2nc(-c3ccccc3)c3sc(C)nc3c2=O)cc1. The third-order valence-corrected chi connectivity index (χ3v) is 5.50. The average molecular weight is 418 g/mol. The number of rotatable bonds is 5. The molecule has 0 radical (unpaired) electrons. The number of thiazole rings is 1. The molecule has 0 saturated carbocycles. The number of hydrogen-bond donors (Lipinski definition) is 1. The molecule has 0 fully saturated rings. The number of aromatic nitrogens is 3. The first-order valence-corrected chi connectivity index (χ1v) is 10.1. The fraction of sp³-hybridized carbons (Fsp3) is 0.136. The Bertz CT molecular complexity index is 1310. The smallest absolute Gasteiger partial charge is 0.294 e. The van der Waals surface area contributed by atoms with Crippen LogP contribution in [0.4, 0.5) is 5.69 Å². The maximum Gasteiger partial charge on any atom is 0.294 e. The highest BCUT2D eigenvalue weighted by atomic mass is 32.1. The van der Waals surface area contributed by atoms with E-state index in [0.717, 1.165) is 15.3 Å². The summed E-state index contributed by atoms with van der Waals surface area (Å²) >= 11 is 1.41. The van der Waals surface area contributed by atoms with Crippen LogP contribution in [0.15, 0.2) is 59.4 Å². The van der Waals surface area contributed by atoms with Crippen LogP contribution < -0.4 is 10.9 Å². The summed E-state index contributed by atoms with van der Waals surface area (Å²) in [6, 6.07) is 16.1. The van der Waals surface area contributed by atoms with Crippen molar-refractivity contribution in [1.82, 2.24) is 14.8 Å². The van der Waals surface area contributed by atoms with Crippen molar-refractivity contribution in [2.24, 2.45) is 0 Å². The number of ketones is 1. The van der Waals surface area contributed by atoms with Crippen molar-refractivity contribution in [3.05, 3.63) is 75.5 Å². The van der Waals surface area contributed by atoms with Gasteiger partial charge in [0.05, 0.1) is 9.71 Å². The van der Waals surface area contributed by atoms with Gasteiger partial charge in [0.15, 0.2) is 11.3 Å². The molecule has 0 atom stereocenters. The molecule has 0 bridgehead atoms. The zero-order valence-corrected chi connectivity index (χ0v) is 17.2. The molecule has 150 valence electrons. The number of hydrogen-bond acceptors (Lipinski definition) is 6. The summed E-state index contributed by atoms with van der Waals surface area (Å²) < 4.78 is 1.85. The molecule has 8 heteroatoms. The number of nitrogens with one attached hydrogen (secondary N) is 1. The van der Waals surface area contributed by atoms with Gasteiger partial charge in [-0.3, -0.25) is 14.4 Å². The second-order valence-electron chi connectivity index (χ2n) is 6.77. The van der Waals surface area contributed by atoms with Crippen molar-refractivity contribution < 1.29 is 9.59 Å². The Morgan fingerprint density at radius 3 is 2.43 bits per heavy atom. The van der Waals surface area contributed by atoms with Crippen molar-refractivity contribution in [2.75, 3.05) is 5.32 Å². The van der Waals surface area contributed by atoms with Gasteiger partial charge in [0.1, 0.15) is 12.2 Å². The predicted molar refractivity (Wildman–Crippen MR) is 117 cm³/mol. The van der Waals surface area contributed by atoms with Crippen LogP contribution in [0.1, 0.15) is 22.3 Å². The lowest BCUT2D eigenvalue weighted by molar-refractivity contribution is -0.117. The van der Waals surface area contributed by atoms with Gasteiger partial charge in [-0.05, 0) is 38.1 Å². The molecule has 30 heavy (non-hydrogen) atoms. The Kier molecular flexibility index (Phi) is 5.24. The molecule has 1 amide bonds. The second-order valence-corrected chi connectivity index (χ2v) is 7.97. The minimum Gasteiger partial charge on any atom is -0.324 e. The molecule has 0 unspecified atom stereocenters.